The van der Waals surface area contributed by atoms with Crippen molar-refractivity contribution in [3.63, 3.8) is 0 Å². The fourth-order valence-corrected chi connectivity index (χ4v) is 2.98. The summed E-state index contributed by atoms with van der Waals surface area (Å²) in [6, 6.07) is 7.46. The Balaban J connectivity index is 2.00. The van der Waals surface area contributed by atoms with E-state index in [0.29, 0.717) is 24.1 Å². The van der Waals surface area contributed by atoms with Gasteiger partial charge in [-0.25, -0.2) is 10.2 Å². The molecular weight excluding hydrogens is 408 g/mol. The van der Waals surface area contributed by atoms with Crippen LogP contribution < -0.4 is 21.4 Å². The Morgan fingerprint density at radius 1 is 1.23 bits per heavy atom. The third kappa shape index (κ3) is 4.30. The maximum absolute atomic E-state index is 12.7. The minimum atomic E-state index is -0.453. The van der Waals surface area contributed by atoms with E-state index in [1.54, 1.807) is 30.8 Å². The molecule has 0 saturated carbocycles. The number of anilines is 1. The van der Waals surface area contributed by atoms with E-state index in [9.17, 15) is 9.59 Å². The van der Waals surface area contributed by atoms with Gasteiger partial charge in [0.1, 0.15) is 5.75 Å². The predicted molar refractivity (Wildman–Crippen MR) is 119 cm³/mol. The summed E-state index contributed by atoms with van der Waals surface area (Å²) in [5.74, 6) is 1.10. The van der Waals surface area contributed by atoms with Crippen molar-refractivity contribution in [2.24, 2.45) is 19.2 Å². The molecule has 1 aromatic carbocycles. The molecule has 0 atom stereocenters. The Bertz CT molecular complexity index is 1230. The quantitative estimate of drug-likeness (QED) is 0.458. The molecule has 1 N–H and O–H groups in total. The highest BCUT2D eigenvalue weighted by Crippen LogP contribution is 2.17. The summed E-state index contributed by atoms with van der Waals surface area (Å²) in [6.45, 7) is 4.56. The highest BCUT2D eigenvalue weighted by molar-refractivity contribution is 6.29. The van der Waals surface area contributed by atoms with E-state index >= 15 is 0 Å². The minimum absolute atomic E-state index is 0.266. The standard InChI is InChI=1S/C20H23ClN6O3/c1-5-30-15-8-6-14(7-9-15)12-22-24-19-23-17-16(27(19)11-10-13(2)21)18(28)26(4)20(29)25(17)3/h6-10,12H,5,11H2,1-4H3,(H,23,24)/b13-10-,22-12+. The Labute approximate surface area is 177 Å². The number of fused-ring (bicyclic) bond motifs is 1. The SMILES string of the molecule is CCOc1ccc(/C=N/Nc2nc3c(c(=O)n(C)c(=O)n3C)n2C/C=C(/C)Cl)cc1. The first-order valence-corrected chi connectivity index (χ1v) is 9.71. The van der Waals surface area contributed by atoms with Crippen molar-refractivity contribution < 1.29 is 4.74 Å². The molecule has 2 aromatic heterocycles. The predicted octanol–water partition coefficient (Wildman–Crippen LogP) is 2.42. The zero-order valence-corrected chi connectivity index (χ0v) is 18.0. The number of aromatic nitrogens is 4. The first kappa shape index (κ1) is 21.4. The van der Waals surface area contributed by atoms with Gasteiger partial charge in [0.05, 0.1) is 12.8 Å². The molecule has 0 aliphatic carbocycles. The van der Waals surface area contributed by atoms with E-state index in [1.165, 1.54) is 11.6 Å². The van der Waals surface area contributed by atoms with Gasteiger partial charge in [-0.3, -0.25) is 18.5 Å². The third-order valence-electron chi connectivity index (χ3n) is 4.47. The lowest BCUT2D eigenvalue weighted by atomic mass is 10.2. The van der Waals surface area contributed by atoms with Crippen molar-refractivity contribution >= 4 is 34.9 Å². The minimum Gasteiger partial charge on any atom is -0.494 e. The Kier molecular flexibility index (Phi) is 6.41. The van der Waals surface area contributed by atoms with Gasteiger partial charge in [-0.15, -0.1) is 0 Å². The van der Waals surface area contributed by atoms with Gasteiger partial charge in [0.2, 0.25) is 5.95 Å². The molecule has 3 aromatic rings. The van der Waals surface area contributed by atoms with Crippen LogP contribution in [0, 0.1) is 0 Å². The number of nitrogens with one attached hydrogen (secondary N) is 1. The maximum Gasteiger partial charge on any atom is 0.332 e. The van der Waals surface area contributed by atoms with Crippen LogP contribution in [0.15, 0.2) is 50.1 Å². The van der Waals surface area contributed by atoms with Crippen LogP contribution in [-0.2, 0) is 20.6 Å². The summed E-state index contributed by atoms with van der Waals surface area (Å²) < 4.78 is 9.43. The molecule has 0 bridgehead atoms. The molecule has 0 fully saturated rings. The fourth-order valence-electron chi connectivity index (χ4n) is 2.91. The van der Waals surface area contributed by atoms with Crippen molar-refractivity contribution in [3.05, 3.63) is 61.8 Å². The lowest BCUT2D eigenvalue weighted by molar-refractivity contribution is 0.340. The lowest BCUT2D eigenvalue weighted by Crippen LogP contribution is -2.37. The number of aryl methyl sites for hydroxylation is 1. The zero-order chi connectivity index (χ0) is 21.8. The molecule has 0 aliphatic heterocycles. The number of hydrazone groups is 1. The molecule has 0 amide bonds. The summed E-state index contributed by atoms with van der Waals surface area (Å²) in [5.41, 5.74) is 3.38. The van der Waals surface area contributed by atoms with Gasteiger partial charge < -0.3 is 4.74 Å². The number of nitrogens with zero attached hydrogens (tertiary/aromatic N) is 5. The number of hydrogen-bond acceptors (Lipinski definition) is 6. The van der Waals surface area contributed by atoms with Crippen LogP contribution in [-0.4, -0.2) is 31.5 Å². The van der Waals surface area contributed by atoms with E-state index in [1.807, 2.05) is 31.2 Å². The highest BCUT2D eigenvalue weighted by atomic mass is 35.5. The molecule has 9 nitrogen and oxygen atoms in total. The first-order chi connectivity index (χ1) is 14.3. The van der Waals surface area contributed by atoms with Crippen molar-refractivity contribution in [2.75, 3.05) is 12.0 Å². The normalized spacial score (nSPS) is 12.1. The fraction of sp³-hybridized carbons (Fsp3) is 0.300. The van der Waals surface area contributed by atoms with Crippen LogP contribution in [0.4, 0.5) is 5.95 Å². The van der Waals surface area contributed by atoms with Gasteiger partial charge in [-0.05, 0) is 43.7 Å². The third-order valence-corrected chi connectivity index (χ3v) is 4.63. The largest absolute Gasteiger partial charge is 0.494 e. The molecule has 3 rings (SSSR count). The molecule has 158 valence electrons. The van der Waals surface area contributed by atoms with Crippen molar-refractivity contribution in [1.29, 1.82) is 0 Å². The van der Waals surface area contributed by atoms with Crippen molar-refractivity contribution in [3.8, 4) is 5.75 Å². The first-order valence-electron chi connectivity index (χ1n) is 9.34. The number of halogens is 1. The average molecular weight is 431 g/mol. The number of benzene rings is 1. The second-order valence-electron chi connectivity index (χ2n) is 6.59. The van der Waals surface area contributed by atoms with Crippen molar-refractivity contribution in [2.45, 2.75) is 20.4 Å². The summed E-state index contributed by atoms with van der Waals surface area (Å²) in [6.07, 6.45) is 3.37. The van der Waals surface area contributed by atoms with Gasteiger partial charge in [-0.2, -0.15) is 10.1 Å². The summed E-state index contributed by atoms with van der Waals surface area (Å²) >= 11 is 5.97. The summed E-state index contributed by atoms with van der Waals surface area (Å²) in [4.78, 5) is 29.4. The van der Waals surface area contributed by atoms with Crippen LogP contribution in [0.25, 0.3) is 11.2 Å². The van der Waals surface area contributed by atoms with E-state index < -0.39 is 11.2 Å². The summed E-state index contributed by atoms with van der Waals surface area (Å²) in [7, 11) is 3.00. The average Bonchev–Trinajstić information content (AvgIpc) is 3.09. The number of allylic oxidation sites excluding steroid dienone is 2. The topological polar surface area (TPSA) is 95.4 Å². The van der Waals surface area contributed by atoms with Gasteiger partial charge in [0.25, 0.3) is 5.56 Å². The van der Waals surface area contributed by atoms with E-state index in [4.69, 9.17) is 16.3 Å². The number of imidazole rings is 1. The van der Waals surface area contributed by atoms with Crippen LogP contribution in [0.2, 0.25) is 0 Å². The molecule has 2 heterocycles. The van der Waals surface area contributed by atoms with E-state index in [-0.39, 0.29) is 11.2 Å². The second kappa shape index (κ2) is 9.00. The molecule has 10 heteroatoms. The zero-order valence-electron chi connectivity index (χ0n) is 17.2. The summed E-state index contributed by atoms with van der Waals surface area (Å²) in [5, 5.41) is 4.80. The molecule has 0 unspecified atom stereocenters. The van der Waals surface area contributed by atoms with E-state index in [2.05, 4.69) is 15.5 Å². The van der Waals surface area contributed by atoms with Gasteiger partial charge >= 0.3 is 5.69 Å². The molecule has 0 spiro atoms. The maximum atomic E-state index is 12.7. The molecule has 0 radical (unpaired) electrons. The molecule has 0 saturated heterocycles. The highest BCUT2D eigenvalue weighted by Gasteiger charge is 2.18. The van der Waals surface area contributed by atoms with Crippen LogP contribution in [0.5, 0.6) is 5.75 Å². The van der Waals surface area contributed by atoms with Crippen LogP contribution in [0.1, 0.15) is 19.4 Å². The van der Waals surface area contributed by atoms with Gasteiger partial charge in [-0.1, -0.05) is 17.7 Å². The number of hydrogen-bond donors (Lipinski definition) is 1. The van der Waals surface area contributed by atoms with Gasteiger partial charge in [0, 0.05) is 25.7 Å². The van der Waals surface area contributed by atoms with Gasteiger partial charge in [0.15, 0.2) is 11.2 Å². The Morgan fingerprint density at radius 3 is 2.57 bits per heavy atom. The number of rotatable bonds is 7. The van der Waals surface area contributed by atoms with Crippen LogP contribution in [0.3, 0.4) is 0 Å². The second-order valence-corrected chi connectivity index (χ2v) is 7.18. The molecule has 0 aliphatic rings. The van der Waals surface area contributed by atoms with Crippen LogP contribution >= 0.6 is 11.6 Å². The Hall–Kier alpha value is -3.33. The smallest absolute Gasteiger partial charge is 0.332 e. The van der Waals surface area contributed by atoms with Crippen molar-refractivity contribution in [1.82, 2.24) is 18.7 Å². The molecule has 30 heavy (non-hydrogen) atoms. The lowest BCUT2D eigenvalue weighted by Gasteiger charge is -2.07. The monoisotopic (exact) mass is 430 g/mol. The van der Waals surface area contributed by atoms with E-state index in [0.717, 1.165) is 15.9 Å². The number of ether oxygens (including phenoxy) is 1. The Morgan fingerprint density at radius 2 is 1.93 bits per heavy atom. The molecular formula is C20H23ClN6O3.